The molecule has 0 atom stereocenters. The first-order chi connectivity index (χ1) is 7.45. The number of aromatic nitrogens is 2. The van der Waals surface area contributed by atoms with Crippen LogP contribution in [0.4, 0.5) is 0 Å². The SMILES string of the molecule is c1cc(CCCc2cc[nH+]cc2)cc[nH+]1. The Morgan fingerprint density at radius 3 is 1.47 bits per heavy atom. The number of H-pyrrole nitrogens is 2. The third-order valence-corrected chi connectivity index (χ3v) is 2.51. The molecule has 2 aromatic heterocycles. The molecule has 0 aliphatic heterocycles. The van der Waals surface area contributed by atoms with Gasteiger partial charge in [-0.15, -0.1) is 0 Å². The van der Waals surface area contributed by atoms with E-state index in [9.17, 15) is 0 Å². The van der Waals surface area contributed by atoms with Crippen molar-refractivity contribution in [3.8, 4) is 0 Å². The van der Waals surface area contributed by atoms with Crippen LogP contribution in [0, 0.1) is 0 Å². The fourth-order valence-electron chi connectivity index (χ4n) is 1.67. The molecule has 0 fully saturated rings. The molecule has 0 saturated carbocycles. The predicted molar refractivity (Wildman–Crippen MR) is 58.0 cm³/mol. The normalized spacial score (nSPS) is 10.1. The van der Waals surface area contributed by atoms with Gasteiger partial charge in [0.05, 0.1) is 0 Å². The van der Waals surface area contributed by atoms with E-state index in [0.717, 1.165) is 12.8 Å². The van der Waals surface area contributed by atoms with Gasteiger partial charge in [0.25, 0.3) is 0 Å². The van der Waals surface area contributed by atoms with Gasteiger partial charge in [-0.05, 0) is 30.4 Å². The maximum Gasteiger partial charge on any atom is 0.167 e. The summed E-state index contributed by atoms with van der Waals surface area (Å²) >= 11 is 0. The third-order valence-electron chi connectivity index (χ3n) is 2.51. The maximum atomic E-state index is 3.04. The van der Waals surface area contributed by atoms with Gasteiger partial charge in [-0.25, -0.2) is 9.97 Å². The van der Waals surface area contributed by atoms with Crippen molar-refractivity contribution in [3.05, 3.63) is 60.2 Å². The molecule has 0 bridgehead atoms. The molecule has 0 radical (unpaired) electrons. The molecule has 0 aliphatic carbocycles. The zero-order chi connectivity index (χ0) is 10.3. The number of hydrogen-bond donors (Lipinski definition) is 0. The van der Waals surface area contributed by atoms with Gasteiger partial charge < -0.3 is 0 Å². The second kappa shape index (κ2) is 5.25. The van der Waals surface area contributed by atoms with Gasteiger partial charge in [0.1, 0.15) is 0 Å². The topological polar surface area (TPSA) is 28.3 Å². The van der Waals surface area contributed by atoms with Crippen LogP contribution in [0.25, 0.3) is 0 Å². The second-order valence-electron chi connectivity index (χ2n) is 3.67. The minimum atomic E-state index is 1.15. The number of pyridine rings is 2. The van der Waals surface area contributed by atoms with E-state index in [1.54, 1.807) is 0 Å². The van der Waals surface area contributed by atoms with Crippen LogP contribution in [0.3, 0.4) is 0 Å². The van der Waals surface area contributed by atoms with Gasteiger partial charge in [-0.2, -0.15) is 0 Å². The molecule has 2 N–H and O–H groups in total. The molecule has 2 heterocycles. The van der Waals surface area contributed by atoms with E-state index in [2.05, 4.69) is 34.2 Å². The van der Waals surface area contributed by atoms with Gasteiger partial charge in [0, 0.05) is 24.3 Å². The number of nitrogens with one attached hydrogen (secondary N) is 2. The molecule has 2 aromatic rings. The van der Waals surface area contributed by atoms with Crippen LogP contribution in [0.2, 0.25) is 0 Å². The summed E-state index contributed by atoms with van der Waals surface area (Å²) in [6.07, 6.45) is 11.4. The molecule has 2 nitrogen and oxygen atoms in total. The maximum absolute atomic E-state index is 3.04. The van der Waals surface area contributed by atoms with Crippen LogP contribution in [-0.2, 0) is 12.8 Å². The summed E-state index contributed by atoms with van der Waals surface area (Å²) in [7, 11) is 0. The van der Waals surface area contributed by atoms with Crippen molar-refractivity contribution >= 4 is 0 Å². The van der Waals surface area contributed by atoms with Crippen molar-refractivity contribution in [1.82, 2.24) is 0 Å². The Kier molecular flexibility index (Phi) is 3.44. The number of aromatic amines is 2. The van der Waals surface area contributed by atoms with E-state index in [-0.39, 0.29) is 0 Å². The molecule has 76 valence electrons. The van der Waals surface area contributed by atoms with Crippen LogP contribution >= 0.6 is 0 Å². The average molecular weight is 200 g/mol. The van der Waals surface area contributed by atoms with Crippen LogP contribution in [0.5, 0.6) is 0 Å². The molecule has 0 saturated heterocycles. The summed E-state index contributed by atoms with van der Waals surface area (Å²) in [6, 6.07) is 8.55. The zero-order valence-corrected chi connectivity index (χ0v) is 8.74. The highest BCUT2D eigenvalue weighted by molar-refractivity contribution is 5.10. The van der Waals surface area contributed by atoms with Gasteiger partial charge >= 0.3 is 0 Å². The van der Waals surface area contributed by atoms with Crippen LogP contribution < -0.4 is 9.97 Å². The third kappa shape index (κ3) is 3.17. The summed E-state index contributed by atoms with van der Waals surface area (Å²) in [5.74, 6) is 0. The molecule has 0 spiro atoms. The van der Waals surface area contributed by atoms with Crippen molar-refractivity contribution in [3.63, 3.8) is 0 Å². The van der Waals surface area contributed by atoms with E-state index in [1.165, 1.54) is 17.5 Å². The van der Waals surface area contributed by atoms with Gasteiger partial charge in [0.2, 0.25) is 0 Å². The Labute approximate surface area is 90.0 Å². The predicted octanol–water partition coefficient (Wildman–Crippen LogP) is 1.49. The van der Waals surface area contributed by atoms with Crippen molar-refractivity contribution in [2.45, 2.75) is 19.3 Å². The van der Waals surface area contributed by atoms with Crippen molar-refractivity contribution in [2.24, 2.45) is 0 Å². The van der Waals surface area contributed by atoms with E-state index in [1.807, 2.05) is 24.8 Å². The largest absolute Gasteiger partial charge is 0.218 e. The highest BCUT2D eigenvalue weighted by Gasteiger charge is 1.96. The summed E-state index contributed by atoms with van der Waals surface area (Å²) in [4.78, 5) is 6.07. The summed E-state index contributed by atoms with van der Waals surface area (Å²) in [6.45, 7) is 0. The van der Waals surface area contributed by atoms with Gasteiger partial charge in [-0.1, -0.05) is 0 Å². The van der Waals surface area contributed by atoms with E-state index < -0.39 is 0 Å². The van der Waals surface area contributed by atoms with Crippen molar-refractivity contribution in [2.75, 3.05) is 0 Å². The summed E-state index contributed by atoms with van der Waals surface area (Å²) in [5.41, 5.74) is 2.80. The highest BCUT2D eigenvalue weighted by atomic mass is 14.6. The molecule has 0 aliphatic rings. The van der Waals surface area contributed by atoms with E-state index in [0.29, 0.717) is 0 Å². The monoisotopic (exact) mass is 200 g/mol. The van der Waals surface area contributed by atoms with Crippen LogP contribution in [-0.4, -0.2) is 0 Å². The van der Waals surface area contributed by atoms with Crippen LogP contribution in [0.1, 0.15) is 17.5 Å². The van der Waals surface area contributed by atoms with Gasteiger partial charge in [0.15, 0.2) is 24.8 Å². The smallest absolute Gasteiger partial charge is 0.167 e. The molecule has 2 heteroatoms. The Morgan fingerprint density at radius 1 is 0.667 bits per heavy atom. The highest BCUT2D eigenvalue weighted by Crippen LogP contribution is 2.05. The zero-order valence-electron chi connectivity index (χ0n) is 8.74. The molecule has 0 unspecified atom stereocenters. The standard InChI is InChI=1S/C13H14N2/c1(2-12-4-8-14-9-5-12)3-13-6-10-15-11-7-13/h4-11H,1-3H2/p+2. The van der Waals surface area contributed by atoms with Crippen molar-refractivity contribution < 1.29 is 9.97 Å². The second-order valence-corrected chi connectivity index (χ2v) is 3.67. The Bertz CT molecular complexity index is 344. The molecule has 0 aromatic carbocycles. The minimum Gasteiger partial charge on any atom is -0.218 e. The number of rotatable bonds is 4. The lowest BCUT2D eigenvalue weighted by Crippen LogP contribution is -2.00. The number of aryl methyl sites for hydroxylation is 2. The first-order valence-corrected chi connectivity index (χ1v) is 5.35. The lowest BCUT2D eigenvalue weighted by molar-refractivity contribution is -0.378. The fraction of sp³-hybridized carbons (Fsp3) is 0.231. The van der Waals surface area contributed by atoms with E-state index in [4.69, 9.17) is 0 Å². The fourth-order valence-corrected chi connectivity index (χ4v) is 1.67. The Balaban J connectivity index is 1.81. The molecule has 0 amide bonds. The van der Waals surface area contributed by atoms with E-state index >= 15 is 0 Å². The first-order valence-electron chi connectivity index (χ1n) is 5.35. The van der Waals surface area contributed by atoms with Crippen LogP contribution in [0.15, 0.2) is 49.1 Å². The summed E-state index contributed by atoms with van der Waals surface area (Å²) in [5, 5.41) is 0. The Hall–Kier alpha value is -1.70. The van der Waals surface area contributed by atoms with Gasteiger partial charge in [-0.3, -0.25) is 0 Å². The lowest BCUT2D eigenvalue weighted by Gasteiger charge is -1.99. The molecule has 15 heavy (non-hydrogen) atoms. The summed E-state index contributed by atoms with van der Waals surface area (Å²) < 4.78 is 0. The molecular weight excluding hydrogens is 184 g/mol. The lowest BCUT2D eigenvalue weighted by atomic mass is 10.1. The molecular formula is C13H16N2+2. The minimum absolute atomic E-state index is 1.15. The first kappa shape index (κ1) is 9.84. The Morgan fingerprint density at radius 2 is 1.07 bits per heavy atom. The molecule has 2 rings (SSSR count). The quantitative estimate of drug-likeness (QED) is 0.715. The van der Waals surface area contributed by atoms with Crippen molar-refractivity contribution in [1.29, 1.82) is 0 Å². The number of hydrogen-bond acceptors (Lipinski definition) is 0. The average Bonchev–Trinajstić information content (AvgIpc) is 2.32.